The lowest BCUT2D eigenvalue weighted by molar-refractivity contribution is 0.269. The molecule has 0 spiro atoms. The average Bonchev–Trinajstić information content (AvgIpc) is 2.78. The molecule has 0 aliphatic rings. The second-order valence-electron chi connectivity index (χ2n) is 6.47. The van der Waals surface area contributed by atoms with E-state index < -0.39 is 0 Å². The molecule has 0 unspecified atom stereocenters. The number of para-hydroxylation sites is 1. The topological polar surface area (TPSA) is 39.7 Å². The molecule has 0 heterocycles. The Labute approximate surface area is 187 Å². The lowest BCUT2D eigenvalue weighted by Crippen LogP contribution is -2.22. The van der Waals surface area contributed by atoms with Crippen molar-refractivity contribution in [2.24, 2.45) is 0 Å². The van der Waals surface area contributed by atoms with Gasteiger partial charge < -0.3 is 19.5 Å². The summed E-state index contributed by atoms with van der Waals surface area (Å²) in [4.78, 5) is 0.625. The number of nitrogens with one attached hydrogen (secondary N) is 1. The fourth-order valence-electron chi connectivity index (χ4n) is 2.93. The maximum Gasteiger partial charge on any atom is 0.161 e. The van der Waals surface area contributed by atoms with Crippen LogP contribution in [0.15, 0.2) is 66.7 Å². The summed E-state index contributed by atoms with van der Waals surface area (Å²) >= 11 is 11.8. The van der Waals surface area contributed by atoms with Crippen molar-refractivity contribution >= 4 is 28.8 Å². The fraction of sp³-hybridized carbons (Fsp3) is 0.208. The molecule has 0 amide bonds. The van der Waals surface area contributed by atoms with Gasteiger partial charge in [-0.1, -0.05) is 60.2 Å². The van der Waals surface area contributed by atoms with Crippen molar-refractivity contribution in [1.82, 2.24) is 5.32 Å². The fourth-order valence-corrected chi connectivity index (χ4v) is 3.32. The summed E-state index contributed by atoms with van der Waals surface area (Å²) in [6.45, 7) is 3.38. The number of thiocarbonyl (C=S) groups is 1. The van der Waals surface area contributed by atoms with Gasteiger partial charge in [0.05, 0.1) is 13.7 Å². The molecule has 0 aromatic heterocycles. The highest BCUT2D eigenvalue weighted by Crippen LogP contribution is 2.30. The monoisotopic (exact) mass is 441 g/mol. The highest BCUT2D eigenvalue weighted by atomic mass is 35.5. The van der Waals surface area contributed by atoms with E-state index in [9.17, 15) is 0 Å². The molecule has 0 radical (unpaired) electrons. The largest absolute Gasteiger partial charge is 0.496 e. The van der Waals surface area contributed by atoms with Crippen molar-refractivity contribution < 1.29 is 14.2 Å². The molecule has 0 bridgehead atoms. The predicted octanol–water partition coefficient (Wildman–Crippen LogP) is 5.79. The van der Waals surface area contributed by atoms with Gasteiger partial charge in [-0.3, -0.25) is 0 Å². The Morgan fingerprint density at radius 3 is 2.37 bits per heavy atom. The third kappa shape index (κ3) is 5.65. The molecule has 0 aliphatic heterocycles. The summed E-state index contributed by atoms with van der Waals surface area (Å²) in [5.41, 5.74) is 2.81. The van der Waals surface area contributed by atoms with Gasteiger partial charge in [-0.05, 0) is 37.3 Å². The number of hydrogen-bond acceptors (Lipinski definition) is 4. The third-order valence-corrected chi connectivity index (χ3v) is 5.23. The number of hydrogen-bond donors (Lipinski definition) is 1. The van der Waals surface area contributed by atoms with Gasteiger partial charge in [-0.15, -0.1) is 0 Å². The standard InChI is InChI=1S/C24H24ClNO3S/c1-3-28-23-14-17(24(30)26-15-18-8-5-7-11-21(18)27-2)12-13-22(23)29-16-19-9-4-6-10-20(19)25/h4-14H,3,15-16H2,1-2H3,(H,26,30). The zero-order chi connectivity index (χ0) is 21.3. The molecular weight excluding hydrogens is 418 g/mol. The zero-order valence-electron chi connectivity index (χ0n) is 17.0. The highest BCUT2D eigenvalue weighted by molar-refractivity contribution is 7.80. The molecule has 0 fully saturated rings. The number of benzene rings is 3. The molecule has 0 atom stereocenters. The predicted molar refractivity (Wildman–Crippen MR) is 125 cm³/mol. The average molecular weight is 442 g/mol. The third-order valence-electron chi connectivity index (χ3n) is 4.48. The van der Waals surface area contributed by atoms with E-state index in [0.717, 1.165) is 22.4 Å². The van der Waals surface area contributed by atoms with Crippen LogP contribution < -0.4 is 19.5 Å². The molecule has 156 valence electrons. The molecule has 3 aromatic carbocycles. The van der Waals surface area contributed by atoms with E-state index in [0.29, 0.717) is 41.3 Å². The van der Waals surface area contributed by atoms with Gasteiger partial charge in [0, 0.05) is 28.3 Å². The Kier molecular flexibility index (Phi) is 7.94. The molecule has 3 aromatic rings. The van der Waals surface area contributed by atoms with Crippen LogP contribution >= 0.6 is 23.8 Å². The number of halogens is 1. The molecule has 4 nitrogen and oxygen atoms in total. The van der Waals surface area contributed by atoms with Gasteiger partial charge in [0.15, 0.2) is 11.5 Å². The van der Waals surface area contributed by atoms with Crippen molar-refractivity contribution in [2.45, 2.75) is 20.1 Å². The van der Waals surface area contributed by atoms with Crippen LogP contribution in [0.25, 0.3) is 0 Å². The van der Waals surface area contributed by atoms with Crippen molar-refractivity contribution in [1.29, 1.82) is 0 Å². The zero-order valence-corrected chi connectivity index (χ0v) is 18.6. The first-order valence-corrected chi connectivity index (χ1v) is 10.4. The van der Waals surface area contributed by atoms with Crippen molar-refractivity contribution in [3.8, 4) is 17.2 Å². The molecule has 1 N–H and O–H groups in total. The van der Waals surface area contributed by atoms with Crippen molar-refractivity contribution in [3.05, 3.63) is 88.4 Å². The smallest absolute Gasteiger partial charge is 0.161 e. The molecule has 0 saturated heterocycles. The van der Waals surface area contributed by atoms with Crippen LogP contribution in [0, 0.1) is 0 Å². The van der Waals surface area contributed by atoms with E-state index in [-0.39, 0.29) is 0 Å². The normalized spacial score (nSPS) is 10.4. The lowest BCUT2D eigenvalue weighted by atomic mass is 10.1. The van der Waals surface area contributed by atoms with Crippen LogP contribution in [0.1, 0.15) is 23.6 Å². The summed E-state index contributed by atoms with van der Waals surface area (Å²) in [6, 6.07) is 21.1. The van der Waals surface area contributed by atoms with Crippen LogP contribution in [0.2, 0.25) is 5.02 Å². The Balaban J connectivity index is 1.70. The second-order valence-corrected chi connectivity index (χ2v) is 7.28. The number of rotatable bonds is 9. The molecule has 3 rings (SSSR count). The van der Waals surface area contributed by atoms with Crippen LogP contribution in [-0.2, 0) is 13.2 Å². The summed E-state index contributed by atoms with van der Waals surface area (Å²) in [5, 5.41) is 3.96. The minimum atomic E-state index is 0.357. The summed E-state index contributed by atoms with van der Waals surface area (Å²) in [7, 11) is 1.66. The number of ether oxygens (including phenoxy) is 3. The molecule has 6 heteroatoms. The van der Waals surface area contributed by atoms with E-state index in [1.165, 1.54) is 0 Å². The number of methoxy groups -OCH3 is 1. The van der Waals surface area contributed by atoms with E-state index >= 15 is 0 Å². The van der Waals surface area contributed by atoms with Crippen LogP contribution in [0.3, 0.4) is 0 Å². The van der Waals surface area contributed by atoms with E-state index in [1.807, 2.05) is 73.7 Å². The van der Waals surface area contributed by atoms with Gasteiger partial charge >= 0.3 is 0 Å². The van der Waals surface area contributed by atoms with Gasteiger partial charge in [0.2, 0.25) is 0 Å². The minimum Gasteiger partial charge on any atom is -0.496 e. The van der Waals surface area contributed by atoms with Crippen LogP contribution in [0.5, 0.6) is 17.2 Å². The van der Waals surface area contributed by atoms with Gasteiger partial charge in [-0.25, -0.2) is 0 Å². The van der Waals surface area contributed by atoms with Gasteiger partial charge in [-0.2, -0.15) is 0 Å². The summed E-state index contributed by atoms with van der Waals surface area (Å²) in [5.74, 6) is 2.11. The first-order valence-electron chi connectivity index (χ1n) is 9.65. The SMILES string of the molecule is CCOc1cc(C(=S)NCc2ccccc2OC)ccc1OCc1ccccc1Cl. The molecule has 0 saturated carbocycles. The van der Waals surface area contributed by atoms with E-state index in [2.05, 4.69) is 5.32 Å². The van der Waals surface area contributed by atoms with Crippen molar-refractivity contribution in [2.75, 3.05) is 13.7 Å². The molecular formula is C24H24ClNO3S. The summed E-state index contributed by atoms with van der Waals surface area (Å²) < 4.78 is 17.1. The van der Waals surface area contributed by atoms with Gasteiger partial charge in [0.1, 0.15) is 17.3 Å². The van der Waals surface area contributed by atoms with E-state index in [4.69, 9.17) is 38.0 Å². The lowest BCUT2D eigenvalue weighted by Gasteiger charge is -2.15. The first-order chi connectivity index (χ1) is 14.6. The van der Waals surface area contributed by atoms with Crippen LogP contribution in [0.4, 0.5) is 0 Å². The first kappa shape index (κ1) is 21.9. The second kappa shape index (κ2) is 10.9. The van der Waals surface area contributed by atoms with E-state index in [1.54, 1.807) is 7.11 Å². The Morgan fingerprint density at radius 2 is 1.63 bits per heavy atom. The Morgan fingerprint density at radius 1 is 0.900 bits per heavy atom. The molecule has 30 heavy (non-hydrogen) atoms. The maximum absolute atomic E-state index is 6.22. The quantitative estimate of drug-likeness (QED) is 0.425. The van der Waals surface area contributed by atoms with Crippen LogP contribution in [-0.4, -0.2) is 18.7 Å². The molecule has 0 aliphatic carbocycles. The van der Waals surface area contributed by atoms with Crippen molar-refractivity contribution in [3.63, 3.8) is 0 Å². The Bertz CT molecular complexity index is 1010. The summed E-state index contributed by atoms with van der Waals surface area (Å²) in [6.07, 6.45) is 0. The Hall–Kier alpha value is -2.76. The maximum atomic E-state index is 6.22. The highest BCUT2D eigenvalue weighted by Gasteiger charge is 2.11. The van der Waals surface area contributed by atoms with Gasteiger partial charge in [0.25, 0.3) is 0 Å². The minimum absolute atomic E-state index is 0.357.